The molecule has 3 nitrogen and oxygen atoms in total. The van der Waals surface area contributed by atoms with Gasteiger partial charge in [0.25, 0.3) is 0 Å². The maximum absolute atomic E-state index is 4.30. The lowest BCUT2D eigenvalue weighted by Crippen LogP contribution is -2.08. The number of nitrogens with one attached hydrogen (secondary N) is 2. The number of aryl methyl sites for hydroxylation is 1. The average molecular weight is 151 g/mol. The van der Waals surface area contributed by atoms with Crippen LogP contribution >= 0.6 is 0 Å². The Balaban J connectivity index is 2.15. The van der Waals surface area contributed by atoms with Gasteiger partial charge in [-0.25, -0.2) is 4.98 Å². The molecule has 1 aliphatic heterocycles. The fourth-order valence-corrected chi connectivity index (χ4v) is 1.53. The zero-order chi connectivity index (χ0) is 7.68. The van der Waals surface area contributed by atoms with E-state index in [1.54, 1.807) is 0 Å². The Morgan fingerprint density at radius 3 is 3.09 bits per heavy atom. The van der Waals surface area contributed by atoms with Crippen LogP contribution in [0.1, 0.15) is 23.9 Å². The molecule has 1 atom stereocenters. The summed E-state index contributed by atoms with van der Waals surface area (Å²) in [6.07, 6.45) is 3.11. The highest BCUT2D eigenvalue weighted by Gasteiger charge is 2.18. The van der Waals surface area contributed by atoms with Crippen LogP contribution in [0.5, 0.6) is 0 Å². The fourth-order valence-electron chi connectivity index (χ4n) is 1.53. The molecule has 2 rings (SSSR count). The number of hydrogen-bond donors (Lipinski definition) is 2. The number of aromatic nitrogens is 2. The molecule has 0 spiro atoms. The minimum atomic E-state index is 0.615. The second kappa shape index (κ2) is 2.66. The number of H-pyrrole nitrogens is 1. The van der Waals surface area contributed by atoms with Gasteiger partial charge in [0.15, 0.2) is 0 Å². The number of rotatable bonds is 1. The lowest BCUT2D eigenvalue weighted by Gasteiger charge is -2.01. The number of hydrogen-bond acceptors (Lipinski definition) is 2. The van der Waals surface area contributed by atoms with Crippen molar-refractivity contribution in [2.45, 2.75) is 19.3 Å². The Bertz CT molecular complexity index is 235. The van der Waals surface area contributed by atoms with Gasteiger partial charge in [-0.15, -0.1) is 0 Å². The first-order valence-corrected chi connectivity index (χ1v) is 4.08. The summed E-state index contributed by atoms with van der Waals surface area (Å²) in [5, 5.41) is 3.32. The number of imidazole rings is 1. The molecule has 3 heteroatoms. The van der Waals surface area contributed by atoms with Crippen molar-refractivity contribution in [2.24, 2.45) is 0 Å². The van der Waals surface area contributed by atoms with Crippen LogP contribution in [0.15, 0.2) is 6.20 Å². The van der Waals surface area contributed by atoms with Gasteiger partial charge in [0.2, 0.25) is 0 Å². The lowest BCUT2D eigenvalue weighted by molar-refractivity contribution is 0.713. The molecule has 11 heavy (non-hydrogen) atoms. The van der Waals surface area contributed by atoms with Gasteiger partial charge >= 0.3 is 0 Å². The summed E-state index contributed by atoms with van der Waals surface area (Å²) >= 11 is 0. The van der Waals surface area contributed by atoms with Gasteiger partial charge in [-0.3, -0.25) is 0 Å². The van der Waals surface area contributed by atoms with E-state index in [0.717, 1.165) is 24.6 Å². The largest absolute Gasteiger partial charge is 0.346 e. The van der Waals surface area contributed by atoms with Crippen LogP contribution in [0.3, 0.4) is 0 Å². The van der Waals surface area contributed by atoms with Gasteiger partial charge in [0, 0.05) is 24.4 Å². The first-order valence-electron chi connectivity index (χ1n) is 4.08. The summed E-state index contributed by atoms with van der Waals surface area (Å²) in [5.74, 6) is 1.76. The molecule has 1 fully saturated rings. The molecule has 1 aliphatic rings. The molecule has 0 saturated carbocycles. The summed E-state index contributed by atoms with van der Waals surface area (Å²) in [6.45, 7) is 4.25. The van der Waals surface area contributed by atoms with Crippen LogP contribution < -0.4 is 5.32 Å². The van der Waals surface area contributed by atoms with E-state index in [-0.39, 0.29) is 0 Å². The van der Waals surface area contributed by atoms with Crippen molar-refractivity contribution >= 4 is 0 Å². The summed E-state index contributed by atoms with van der Waals surface area (Å²) in [5.41, 5.74) is 1.16. The highest BCUT2D eigenvalue weighted by Crippen LogP contribution is 2.18. The van der Waals surface area contributed by atoms with Gasteiger partial charge in [0.05, 0.1) is 0 Å². The monoisotopic (exact) mass is 151 g/mol. The van der Waals surface area contributed by atoms with Crippen LogP contribution in [-0.4, -0.2) is 23.1 Å². The summed E-state index contributed by atoms with van der Waals surface area (Å²) in [7, 11) is 0. The summed E-state index contributed by atoms with van der Waals surface area (Å²) in [6, 6.07) is 0. The second-order valence-corrected chi connectivity index (χ2v) is 3.14. The fraction of sp³-hybridized carbons (Fsp3) is 0.625. The molecule has 1 unspecified atom stereocenters. The zero-order valence-electron chi connectivity index (χ0n) is 6.72. The highest BCUT2D eigenvalue weighted by atomic mass is 15.0. The minimum Gasteiger partial charge on any atom is -0.346 e. The first kappa shape index (κ1) is 6.85. The predicted molar refractivity (Wildman–Crippen MR) is 43.6 cm³/mol. The van der Waals surface area contributed by atoms with Crippen molar-refractivity contribution in [3.63, 3.8) is 0 Å². The Labute approximate surface area is 66.2 Å². The highest BCUT2D eigenvalue weighted by molar-refractivity contribution is 5.05. The topological polar surface area (TPSA) is 40.7 Å². The van der Waals surface area contributed by atoms with E-state index in [4.69, 9.17) is 0 Å². The molecular weight excluding hydrogens is 138 g/mol. The molecular formula is C8H13N3. The minimum absolute atomic E-state index is 0.615. The molecule has 0 aliphatic carbocycles. The van der Waals surface area contributed by atoms with Crippen LogP contribution in [-0.2, 0) is 0 Å². The molecule has 0 amide bonds. The normalized spacial score (nSPS) is 24.3. The van der Waals surface area contributed by atoms with Crippen LogP contribution in [0.25, 0.3) is 0 Å². The van der Waals surface area contributed by atoms with Gasteiger partial charge in [0.1, 0.15) is 5.82 Å². The van der Waals surface area contributed by atoms with E-state index in [9.17, 15) is 0 Å². The van der Waals surface area contributed by atoms with E-state index in [1.165, 1.54) is 6.42 Å². The molecule has 0 bridgehead atoms. The van der Waals surface area contributed by atoms with Crippen molar-refractivity contribution in [1.29, 1.82) is 0 Å². The Morgan fingerprint density at radius 1 is 1.64 bits per heavy atom. The van der Waals surface area contributed by atoms with E-state index in [2.05, 4.69) is 15.3 Å². The van der Waals surface area contributed by atoms with Crippen molar-refractivity contribution in [3.05, 3.63) is 17.7 Å². The first-order chi connectivity index (χ1) is 5.36. The quantitative estimate of drug-likeness (QED) is 0.623. The SMILES string of the molecule is Cc1cnc(C2CCNC2)[nH]1. The standard InChI is InChI=1S/C8H13N3/c1-6-4-10-8(11-6)7-2-3-9-5-7/h4,7,9H,2-3,5H2,1H3,(H,10,11). The molecule has 2 heterocycles. The van der Waals surface area contributed by atoms with Gasteiger partial charge in [-0.2, -0.15) is 0 Å². The summed E-state index contributed by atoms with van der Waals surface area (Å²) in [4.78, 5) is 7.57. The van der Waals surface area contributed by atoms with Crippen LogP contribution in [0, 0.1) is 6.92 Å². The van der Waals surface area contributed by atoms with E-state index in [0.29, 0.717) is 5.92 Å². The Morgan fingerprint density at radius 2 is 2.55 bits per heavy atom. The van der Waals surface area contributed by atoms with Crippen molar-refractivity contribution in [1.82, 2.24) is 15.3 Å². The van der Waals surface area contributed by atoms with Gasteiger partial charge in [-0.1, -0.05) is 0 Å². The molecule has 60 valence electrons. The van der Waals surface area contributed by atoms with E-state index in [1.807, 2.05) is 13.1 Å². The Kier molecular flexibility index (Phi) is 1.66. The molecule has 0 aromatic carbocycles. The zero-order valence-corrected chi connectivity index (χ0v) is 6.72. The third-order valence-corrected chi connectivity index (χ3v) is 2.17. The Hall–Kier alpha value is -0.830. The van der Waals surface area contributed by atoms with Gasteiger partial charge in [-0.05, 0) is 19.9 Å². The maximum Gasteiger partial charge on any atom is 0.110 e. The molecule has 1 aromatic rings. The van der Waals surface area contributed by atoms with Crippen LogP contribution in [0.2, 0.25) is 0 Å². The predicted octanol–water partition coefficient (Wildman–Crippen LogP) is 0.795. The van der Waals surface area contributed by atoms with Crippen LogP contribution in [0.4, 0.5) is 0 Å². The lowest BCUT2D eigenvalue weighted by atomic mass is 10.1. The van der Waals surface area contributed by atoms with Crippen molar-refractivity contribution in [2.75, 3.05) is 13.1 Å². The average Bonchev–Trinajstić information content (AvgIpc) is 2.55. The third-order valence-electron chi connectivity index (χ3n) is 2.17. The van der Waals surface area contributed by atoms with Crippen molar-refractivity contribution < 1.29 is 0 Å². The van der Waals surface area contributed by atoms with E-state index < -0.39 is 0 Å². The number of nitrogens with zero attached hydrogens (tertiary/aromatic N) is 1. The van der Waals surface area contributed by atoms with E-state index >= 15 is 0 Å². The molecule has 1 aromatic heterocycles. The molecule has 0 radical (unpaired) electrons. The molecule has 2 N–H and O–H groups in total. The third kappa shape index (κ3) is 1.28. The maximum atomic E-state index is 4.30. The smallest absolute Gasteiger partial charge is 0.110 e. The van der Waals surface area contributed by atoms with Gasteiger partial charge < -0.3 is 10.3 Å². The summed E-state index contributed by atoms with van der Waals surface area (Å²) < 4.78 is 0. The number of aromatic amines is 1. The second-order valence-electron chi connectivity index (χ2n) is 3.14. The van der Waals surface area contributed by atoms with Crippen molar-refractivity contribution in [3.8, 4) is 0 Å². The molecule has 1 saturated heterocycles.